The van der Waals surface area contributed by atoms with E-state index in [4.69, 9.17) is 9.73 Å². The fourth-order valence-corrected chi connectivity index (χ4v) is 4.83. The minimum atomic E-state index is -3.08. The number of guanidine groups is 1. The first kappa shape index (κ1) is 25.9. The highest BCUT2D eigenvalue weighted by Crippen LogP contribution is 2.15. The van der Waals surface area contributed by atoms with Gasteiger partial charge in [0.25, 0.3) is 0 Å². The van der Waals surface area contributed by atoms with E-state index in [1.165, 1.54) is 0 Å². The van der Waals surface area contributed by atoms with Crippen molar-refractivity contribution in [2.75, 3.05) is 51.7 Å². The number of nitrogens with zero attached hydrogens (tertiary/aromatic N) is 3. The molecule has 2 saturated heterocycles. The Bertz CT molecular complexity index is 582. The average molecular weight is 532 g/mol. The van der Waals surface area contributed by atoms with E-state index >= 15 is 0 Å². The standard InChI is InChI=1S/C18H37N5O3S.HI/c1-5-19-18(20-13-15(3)23-11-12-26-14-16(23)4)21-17-7-9-22(10-8-17)27(24,25)6-2;/h15-17H,5-14H2,1-4H3,(H2,19,20,21);1H. The lowest BCUT2D eigenvalue weighted by atomic mass is 10.1. The smallest absolute Gasteiger partial charge is 0.213 e. The quantitative estimate of drug-likeness (QED) is 0.291. The van der Waals surface area contributed by atoms with Crippen molar-refractivity contribution in [3.8, 4) is 0 Å². The molecule has 2 fully saturated rings. The molecule has 0 amide bonds. The predicted octanol–water partition coefficient (Wildman–Crippen LogP) is 1.08. The van der Waals surface area contributed by atoms with E-state index in [1.807, 2.05) is 0 Å². The largest absolute Gasteiger partial charge is 0.379 e. The molecular formula is C18H38IN5O3S. The van der Waals surface area contributed by atoms with E-state index < -0.39 is 10.0 Å². The monoisotopic (exact) mass is 531 g/mol. The van der Waals surface area contributed by atoms with Crippen molar-refractivity contribution in [1.29, 1.82) is 0 Å². The normalized spacial score (nSPS) is 24.4. The van der Waals surface area contributed by atoms with Crippen LogP contribution in [0.1, 0.15) is 40.5 Å². The summed E-state index contributed by atoms with van der Waals surface area (Å²) in [4.78, 5) is 7.23. The Morgan fingerprint density at radius 2 is 1.93 bits per heavy atom. The number of sulfonamides is 1. The third kappa shape index (κ3) is 7.58. The van der Waals surface area contributed by atoms with Crippen LogP contribution in [0, 0.1) is 0 Å². The predicted molar refractivity (Wildman–Crippen MR) is 125 cm³/mol. The molecule has 2 rings (SSSR count). The van der Waals surface area contributed by atoms with Gasteiger partial charge in [-0.25, -0.2) is 12.7 Å². The maximum atomic E-state index is 12.0. The summed E-state index contributed by atoms with van der Waals surface area (Å²) in [7, 11) is -3.08. The molecule has 0 aromatic heterocycles. The second kappa shape index (κ2) is 12.5. The number of halogens is 1. The Labute approximate surface area is 187 Å². The Hall–Kier alpha value is -0.170. The molecule has 0 aliphatic carbocycles. The van der Waals surface area contributed by atoms with Gasteiger partial charge < -0.3 is 15.4 Å². The minimum Gasteiger partial charge on any atom is -0.379 e. The summed E-state index contributed by atoms with van der Waals surface area (Å²) < 4.78 is 31.1. The molecule has 0 radical (unpaired) electrons. The molecule has 0 bridgehead atoms. The van der Waals surface area contributed by atoms with Crippen LogP contribution in [0.15, 0.2) is 4.99 Å². The molecule has 2 heterocycles. The summed E-state index contributed by atoms with van der Waals surface area (Å²) in [6.45, 7) is 13.4. The first-order chi connectivity index (χ1) is 12.9. The molecular weight excluding hydrogens is 493 g/mol. The summed E-state index contributed by atoms with van der Waals surface area (Å²) >= 11 is 0. The molecule has 10 heteroatoms. The van der Waals surface area contributed by atoms with Crippen LogP contribution in [0.5, 0.6) is 0 Å². The maximum Gasteiger partial charge on any atom is 0.213 e. The lowest BCUT2D eigenvalue weighted by molar-refractivity contribution is -0.0165. The SMILES string of the molecule is CCNC(=NCC(C)N1CCOCC1C)NC1CCN(S(=O)(=O)CC)CC1.I. The summed E-state index contributed by atoms with van der Waals surface area (Å²) in [5.41, 5.74) is 0. The van der Waals surface area contributed by atoms with Crippen molar-refractivity contribution >= 4 is 40.0 Å². The van der Waals surface area contributed by atoms with Gasteiger partial charge in [0, 0.05) is 44.3 Å². The average Bonchev–Trinajstić information content (AvgIpc) is 2.67. The number of rotatable bonds is 7. The number of nitrogens with one attached hydrogen (secondary N) is 2. The zero-order valence-corrected chi connectivity index (χ0v) is 20.8. The van der Waals surface area contributed by atoms with Crippen LogP contribution in [-0.2, 0) is 14.8 Å². The minimum absolute atomic E-state index is 0. The van der Waals surface area contributed by atoms with Gasteiger partial charge in [-0.15, -0.1) is 24.0 Å². The maximum absolute atomic E-state index is 12.0. The van der Waals surface area contributed by atoms with Gasteiger partial charge in [0.15, 0.2) is 5.96 Å². The topological polar surface area (TPSA) is 86.3 Å². The molecule has 2 aliphatic rings. The molecule has 28 heavy (non-hydrogen) atoms. The Morgan fingerprint density at radius 3 is 2.50 bits per heavy atom. The number of morpholine rings is 1. The van der Waals surface area contributed by atoms with Crippen molar-refractivity contribution in [1.82, 2.24) is 19.8 Å². The molecule has 0 aromatic carbocycles. The zero-order valence-electron chi connectivity index (χ0n) is 17.7. The van der Waals surface area contributed by atoms with Crippen LogP contribution in [0.25, 0.3) is 0 Å². The van der Waals surface area contributed by atoms with Crippen LogP contribution in [0.4, 0.5) is 0 Å². The number of hydrogen-bond donors (Lipinski definition) is 2. The van der Waals surface area contributed by atoms with Crippen LogP contribution < -0.4 is 10.6 Å². The summed E-state index contributed by atoms with van der Waals surface area (Å²) in [6.07, 6.45) is 1.61. The third-order valence-corrected chi connectivity index (χ3v) is 7.28. The fraction of sp³-hybridized carbons (Fsp3) is 0.944. The third-order valence-electron chi connectivity index (χ3n) is 5.40. The van der Waals surface area contributed by atoms with Crippen molar-refractivity contribution in [2.24, 2.45) is 4.99 Å². The molecule has 0 saturated carbocycles. The van der Waals surface area contributed by atoms with Crippen LogP contribution >= 0.6 is 24.0 Å². The van der Waals surface area contributed by atoms with Gasteiger partial charge in [-0.05, 0) is 40.5 Å². The lowest BCUT2D eigenvalue weighted by Crippen LogP contribution is -2.51. The second-order valence-electron chi connectivity index (χ2n) is 7.45. The van der Waals surface area contributed by atoms with E-state index in [0.717, 1.165) is 51.6 Å². The van der Waals surface area contributed by atoms with Gasteiger partial charge in [-0.2, -0.15) is 0 Å². The molecule has 0 aromatic rings. The molecule has 166 valence electrons. The summed E-state index contributed by atoms with van der Waals surface area (Å²) in [6, 6.07) is 1.03. The van der Waals surface area contributed by atoms with Gasteiger partial charge >= 0.3 is 0 Å². The highest BCUT2D eigenvalue weighted by Gasteiger charge is 2.27. The molecule has 2 N–H and O–H groups in total. The molecule has 0 spiro atoms. The fourth-order valence-electron chi connectivity index (χ4n) is 3.70. The number of aliphatic imine (C=N–C) groups is 1. The summed E-state index contributed by atoms with van der Waals surface area (Å²) in [5, 5.41) is 6.81. The lowest BCUT2D eigenvalue weighted by Gasteiger charge is -2.37. The van der Waals surface area contributed by atoms with E-state index in [2.05, 4.69) is 36.3 Å². The molecule has 2 atom stereocenters. The Morgan fingerprint density at radius 1 is 1.25 bits per heavy atom. The first-order valence-electron chi connectivity index (χ1n) is 10.2. The zero-order chi connectivity index (χ0) is 19.9. The van der Waals surface area contributed by atoms with E-state index in [-0.39, 0.29) is 35.8 Å². The van der Waals surface area contributed by atoms with Gasteiger partial charge in [-0.3, -0.25) is 9.89 Å². The second-order valence-corrected chi connectivity index (χ2v) is 9.71. The number of piperidine rings is 1. The van der Waals surface area contributed by atoms with Gasteiger partial charge in [0.1, 0.15) is 0 Å². The van der Waals surface area contributed by atoms with Crippen LogP contribution in [0.2, 0.25) is 0 Å². The number of ether oxygens (including phenoxy) is 1. The van der Waals surface area contributed by atoms with Crippen molar-refractivity contribution < 1.29 is 13.2 Å². The Balaban J connectivity index is 0.00000392. The molecule has 8 nitrogen and oxygen atoms in total. The number of hydrogen-bond acceptors (Lipinski definition) is 5. The van der Waals surface area contributed by atoms with Crippen LogP contribution in [0.3, 0.4) is 0 Å². The summed E-state index contributed by atoms with van der Waals surface area (Å²) in [5.74, 6) is 0.995. The van der Waals surface area contributed by atoms with E-state index in [1.54, 1.807) is 11.2 Å². The highest BCUT2D eigenvalue weighted by atomic mass is 127. The highest BCUT2D eigenvalue weighted by molar-refractivity contribution is 14.0. The van der Waals surface area contributed by atoms with Crippen molar-refractivity contribution in [2.45, 2.75) is 58.7 Å². The van der Waals surface area contributed by atoms with Crippen molar-refractivity contribution in [3.05, 3.63) is 0 Å². The molecule has 2 unspecified atom stereocenters. The van der Waals surface area contributed by atoms with E-state index in [9.17, 15) is 8.42 Å². The van der Waals surface area contributed by atoms with Gasteiger partial charge in [-0.1, -0.05) is 0 Å². The van der Waals surface area contributed by atoms with Gasteiger partial charge in [0.05, 0.1) is 25.5 Å². The van der Waals surface area contributed by atoms with Crippen molar-refractivity contribution in [3.63, 3.8) is 0 Å². The Kier molecular flexibility index (Phi) is 11.6. The van der Waals surface area contributed by atoms with Crippen LogP contribution in [-0.4, -0.2) is 93.4 Å². The first-order valence-corrected chi connectivity index (χ1v) is 11.8. The molecule has 2 aliphatic heterocycles. The van der Waals surface area contributed by atoms with E-state index in [0.29, 0.717) is 25.2 Å². The van der Waals surface area contributed by atoms with Gasteiger partial charge in [0.2, 0.25) is 10.0 Å².